The molecule has 0 unspecified atom stereocenters. The van der Waals surface area contributed by atoms with E-state index in [2.05, 4.69) is 10.3 Å². The molecule has 106 valence electrons. The van der Waals surface area contributed by atoms with Crippen molar-refractivity contribution in [2.45, 2.75) is 20.4 Å². The van der Waals surface area contributed by atoms with E-state index in [4.69, 9.17) is 0 Å². The maximum atomic E-state index is 14.1. The average Bonchev–Trinajstić information content (AvgIpc) is 2.44. The molecular formula is C16H20FN3. The average molecular weight is 273 g/mol. The highest BCUT2D eigenvalue weighted by Gasteiger charge is 2.15. The number of aryl methyl sites for hydroxylation is 1. The molecule has 0 radical (unpaired) electrons. The van der Waals surface area contributed by atoms with Gasteiger partial charge in [0, 0.05) is 36.2 Å². The maximum Gasteiger partial charge on any atom is 0.146 e. The molecule has 1 N–H and O–H groups in total. The van der Waals surface area contributed by atoms with Crippen LogP contribution in [0.5, 0.6) is 0 Å². The SMILES string of the molecule is CCN(c1ccccc1F)c1cc(C)ncc1CNC. The van der Waals surface area contributed by atoms with Crippen molar-refractivity contribution in [1.29, 1.82) is 0 Å². The van der Waals surface area contributed by atoms with Gasteiger partial charge in [0.25, 0.3) is 0 Å². The third-order valence-corrected chi connectivity index (χ3v) is 3.22. The van der Waals surface area contributed by atoms with Gasteiger partial charge in [-0.3, -0.25) is 4.98 Å². The van der Waals surface area contributed by atoms with E-state index in [0.29, 0.717) is 18.8 Å². The summed E-state index contributed by atoms with van der Waals surface area (Å²) in [7, 11) is 1.89. The minimum absolute atomic E-state index is 0.209. The first-order chi connectivity index (χ1) is 9.67. The maximum absolute atomic E-state index is 14.1. The van der Waals surface area contributed by atoms with Crippen molar-refractivity contribution in [2.24, 2.45) is 0 Å². The second kappa shape index (κ2) is 6.48. The van der Waals surface area contributed by atoms with E-state index in [0.717, 1.165) is 16.9 Å². The predicted octanol–water partition coefficient (Wildman–Crippen LogP) is 3.41. The summed E-state index contributed by atoms with van der Waals surface area (Å²) in [5, 5.41) is 3.13. The van der Waals surface area contributed by atoms with Gasteiger partial charge in [-0.2, -0.15) is 0 Å². The number of hydrogen-bond acceptors (Lipinski definition) is 3. The molecule has 20 heavy (non-hydrogen) atoms. The van der Waals surface area contributed by atoms with E-state index in [-0.39, 0.29) is 5.82 Å². The Morgan fingerprint density at radius 3 is 2.65 bits per heavy atom. The summed E-state index contributed by atoms with van der Waals surface area (Å²) < 4.78 is 14.1. The lowest BCUT2D eigenvalue weighted by atomic mass is 10.1. The van der Waals surface area contributed by atoms with Crippen molar-refractivity contribution in [2.75, 3.05) is 18.5 Å². The quantitative estimate of drug-likeness (QED) is 0.905. The first-order valence-corrected chi connectivity index (χ1v) is 6.79. The van der Waals surface area contributed by atoms with Gasteiger partial charge >= 0.3 is 0 Å². The van der Waals surface area contributed by atoms with Crippen LogP contribution in [-0.2, 0) is 6.54 Å². The van der Waals surface area contributed by atoms with Crippen molar-refractivity contribution in [3.8, 4) is 0 Å². The monoisotopic (exact) mass is 273 g/mol. The summed E-state index contributed by atoms with van der Waals surface area (Å²) in [5.41, 5.74) is 3.58. The lowest BCUT2D eigenvalue weighted by Crippen LogP contribution is -2.21. The van der Waals surface area contributed by atoms with Crippen LogP contribution in [0, 0.1) is 12.7 Å². The van der Waals surface area contributed by atoms with Crippen LogP contribution in [0.3, 0.4) is 0 Å². The minimum Gasteiger partial charge on any atom is -0.339 e. The van der Waals surface area contributed by atoms with E-state index in [1.807, 2.05) is 44.1 Å². The Bertz CT molecular complexity index is 584. The summed E-state index contributed by atoms with van der Waals surface area (Å²) in [6.45, 7) is 5.36. The number of rotatable bonds is 5. The minimum atomic E-state index is -0.209. The third kappa shape index (κ3) is 2.96. The second-order valence-corrected chi connectivity index (χ2v) is 4.68. The number of benzene rings is 1. The van der Waals surface area contributed by atoms with Gasteiger partial charge in [0.05, 0.1) is 5.69 Å². The Kier molecular flexibility index (Phi) is 4.69. The summed E-state index contributed by atoms with van der Waals surface area (Å²) in [5.74, 6) is -0.209. The Hall–Kier alpha value is -1.94. The van der Waals surface area contributed by atoms with E-state index in [1.165, 1.54) is 6.07 Å². The van der Waals surface area contributed by atoms with Crippen LogP contribution in [0.1, 0.15) is 18.2 Å². The Morgan fingerprint density at radius 1 is 1.25 bits per heavy atom. The first kappa shape index (κ1) is 14.5. The summed E-state index contributed by atoms with van der Waals surface area (Å²) >= 11 is 0. The van der Waals surface area contributed by atoms with E-state index < -0.39 is 0 Å². The summed E-state index contributed by atoms with van der Waals surface area (Å²) in [6, 6.07) is 8.86. The predicted molar refractivity (Wildman–Crippen MR) is 80.8 cm³/mol. The van der Waals surface area contributed by atoms with Crippen molar-refractivity contribution in [3.63, 3.8) is 0 Å². The molecule has 0 saturated carbocycles. The van der Waals surface area contributed by atoms with Gasteiger partial charge in [0.2, 0.25) is 0 Å². The van der Waals surface area contributed by atoms with Gasteiger partial charge in [0.15, 0.2) is 0 Å². The molecule has 3 nitrogen and oxygen atoms in total. The molecule has 0 aliphatic carbocycles. The van der Waals surface area contributed by atoms with Gasteiger partial charge in [-0.15, -0.1) is 0 Å². The molecule has 0 bridgehead atoms. The molecule has 1 aromatic heterocycles. The van der Waals surface area contributed by atoms with Crippen LogP contribution in [0.2, 0.25) is 0 Å². The lowest BCUT2D eigenvalue weighted by Gasteiger charge is -2.26. The van der Waals surface area contributed by atoms with E-state index >= 15 is 0 Å². The third-order valence-electron chi connectivity index (χ3n) is 3.22. The van der Waals surface area contributed by atoms with Gasteiger partial charge in [-0.05, 0) is 39.1 Å². The first-order valence-electron chi connectivity index (χ1n) is 6.79. The van der Waals surface area contributed by atoms with E-state index in [1.54, 1.807) is 12.1 Å². The van der Waals surface area contributed by atoms with Crippen LogP contribution in [0.25, 0.3) is 0 Å². The van der Waals surface area contributed by atoms with Crippen LogP contribution in [0.15, 0.2) is 36.5 Å². The fraction of sp³-hybridized carbons (Fsp3) is 0.312. The summed E-state index contributed by atoms with van der Waals surface area (Å²) in [4.78, 5) is 6.31. The second-order valence-electron chi connectivity index (χ2n) is 4.68. The fourth-order valence-electron chi connectivity index (χ4n) is 2.29. The molecule has 4 heteroatoms. The molecule has 0 spiro atoms. The Labute approximate surface area is 119 Å². The van der Waals surface area contributed by atoms with Gasteiger partial charge in [-0.25, -0.2) is 4.39 Å². The highest BCUT2D eigenvalue weighted by Crippen LogP contribution is 2.30. The normalized spacial score (nSPS) is 10.6. The fourth-order valence-corrected chi connectivity index (χ4v) is 2.29. The molecule has 2 rings (SSSR count). The number of nitrogens with one attached hydrogen (secondary N) is 1. The number of aromatic nitrogens is 1. The van der Waals surface area contributed by atoms with Crippen LogP contribution in [-0.4, -0.2) is 18.6 Å². The zero-order valence-electron chi connectivity index (χ0n) is 12.2. The lowest BCUT2D eigenvalue weighted by molar-refractivity contribution is 0.625. The molecule has 2 aromatic rings. The number of hydrogen-bond donors (Lipinski definition) is 1. The smallest absolute Gasteiger partial charge is 0.146 e. The number of para-hydroxylation sites is 1. The number of anilines is 2. The molecule has 0 amide bonds. The highest BCUT2D eigenvalue weighted by molar-refractivity contribution is 5.66. The van der Waals surface area contributed by atoms with Crippen molar-refractivity contribution < 1.29 is 4.39 Å². The molecule has 0 atom stereocenters. The molecule has 0 aliphatic heterocycles. The van der Waals surface area contributed by atoms with Crippen molar-refractivity contribution >= 4 is 11.4 Å². The molecular weight excluding hydrogens is 253 g/mol. The van der Waals surface area contributed by atoms with Crippen LogP contribution < -0.4 is 10.2 Å². The van der Waals surface area contributed by atoms with Crippen LogP contribution >= 0.6 is 0 Å². The van der Waals surface area contributed by atoms with Gasteiger partial charge in [-0.1, -0.05) is 12.1 Å². The topological polar surface area (TPSA) is 28.2 Å². The Morgan fingerprint density at radius 2 is 2.00 bits per heavy atom. The number of nitrogens with zero attached hydrogens (tertiary/aromatic N) is 2. The zero-order chi connectivity index (χ0) is 14.5. The molecule has 1 aromatic carbocycles. The number of halogens is 1. The Balaban J connectivity index is 2.51. The van der Waals surface area contributed by atoms with Gasteiger partial charge in [0.1, 0.15) is 5.82 Å². The molecule has 0 fully saturated rings. The number of pyridine rings is 1. The van der Waals surface area contributed by atoms with E-state index in [9.17, 15) is 4.39 Å². The highest BCUT2D eigenvalue weighted by atomic mass is 19.1. The molecule has 1 heterocycles. The molecule has 0 saturated heterocycles. The van der Waals surface area contributed by atoms with Gasteiger partial charge < -0.3 is 10.2 Å². The van der Waals surface area contributed by atoms with Crippen molar-refractivity contribution in [3.05, 3.63) is 53.6 Å². The standard InChI is InChI=1S/C16H20FN3/c1-4-20(15-8-6-5-7-14(15)17)16-9-12(2)19-11-13(16)10-18-3/h5-9,11,18H,4,10H2,1-3H3. The van der Waals surface area contributed by atoms with Crippen LogP contribution in [0.4, 0.5) is 15.8 Å². The van der Waals surface area contributed by atoms with Crippen molar-refractivity contribution in [1.82, 2.24) is 10.3 Å². The molecule has 0 aliphatic rings. The zero-order valence-corrected chi connectivity index (χ0v) is 12.2. The summed E-state index contributed by atoms with van der Waals surface area (Å²) in [6.07, 6.45) is 1.85. The largest absolute Gasteiger partial charge is 0.339 e.